The number of fused-ring (bicyclic) bond motifs is 5. The summed E-state index contributed by atoms with van der Waals surface area (Å²) < 4.78 is 11.0. The number of nitrogens with one attached hydrogen (secondary N) is 1. The van der Waals surface area contributed by atoms with Crippen molar-refractivity contribution in [3.63, 3.8) is 0 Å². The van der Waals surface area contributed by atoms with Gasteiger partial charge in [-0.1, -0.05) is 24.3 Å². The fourth-order valence-corrected chi connectivity index (χ4v) is 4.84. The molecule has 31 heavy (non-hydrogen) atoms. The normalized spacial score (nSPS) is 21.3. The van der Waals surface area contributed by atoms with E-state index < -0.39 is 6.04 Å². The van der Waals surface area contributed by atoms with Gasteiger partial charge in [-0.2, -0.15) is 0 Å². The summed E-state index contributed by atoms with van der Waals surface area (Å²) in [6, 6.07) is 12.9. The van der Waals surface area contributed by atoms with E-state index in [9.17, 15) is 9.59 Å². The van der Waals surface area contributed by atoms with Crippen LogP contribution in [0.3, 0.4) is 0 Å². The molecule has 0 unspecified atom stereocenters. The van der Waals surface area contributed by atoms with Gasteiger partial charge in [-0.25, -0.2) is 0 Å². The van der Waals surface area contributed by atoms with Gasteiger partial charge in [0.25, 0.3) is 0 Å². The van der Waals surface area contributed by atoms with Crippen LogP contribution in [0.25, 0.3) is 10.9 Å². The van der Waals surface area contributed by atoms with E-state index in [1.54, 1.807) is 11.9 Å². The molecule has 1 aromatic heterocycles. The summed E-state index contributed by atoms with van der Waals surface area (Å²) in [6.45, 7) is 0.279. The van der Waals surface area contributed by atoms with E-state index in [0.29, 0.717) is 17.9 Å². The van der Waals surface area contributed by atoms with Crippen LogP contribution in [-0.2, 0) is 16.0 Å². The molecule has 0 aliphatic carbocycles. The molecule has 3 aliphatic heterocycles. The van der Waals surface area contributed by atoms with E-state index in [1.807, 2.05) is 36.4 Å². The van der Waals surface area contributed by atoms with Gasteiger partial charge >= 0.3 is 0 Å². The molecule has 0 radical (unpaired) electrons. The zero-order chi connectivity index (χ0) is 19.7. The topological polar surface area (TPSA) is 74.9 Å². The quantitative estimate of drug-likeness (QED) is 0.604. The fraction of sp³-hybridized carbons (Fsp3) is 0.273. The van der Waals surface area contributed by atoms with Crippen molar-refractivity contribution in [1.82, 2.24) is 14.8 Å². The molecule has 2 amide bonds. The first kappa shape index (κ1) is 21.3. The number of benzene rings is 2. The number of piperazine rings is 1. The van der Waals surface area contributed by atoms with Gasteiger partial charge in [0.05, 0.1) is 12.6 Å². The van der Waals surface area contributed by atoms with Crippen molar-refractivity contribution < 1.29 is 19.1 Å². The Kier molecular flexibility index (Phi) is 5.27. The Morgan fingerprint density at radius 3 is 2.65 bits per heavy atom. The largest absolute Gasteiger partial charge is 0.454 e. The van der Waals surface area contributed by atoms with E-state index >= 15 is 0 Å². The second-order valence-corrected chi connectivity index (χ2v) is 7.79. The molecule has 2 aromatic carbocycles. The first-order valence-corrected chi connectivity index (χ1v) is 9.67. The number of rotatable bonds is 1. The smallest absolute Gasteiger partial charge is 0.245 e. The molecule has 0 saturated carbocycles. The molecule has 7 nitrogen and oxygen atoms in total. The SMILES string of the molecule is CN1CC(=O)N2[C@H](c3ccc4c(c3)OCO4)c3[nH]c4ccccc4c3C[C@@H]2C1=O.Cl.Cl. The fourth-order valence-electron chi connectivity index (χ4n) is 4.84. The van der Waals surface area contributed by atoms with Crippen molar-refractivity contribution in [3.05, 3.63) is 59.3 Å². The zero-order valence-electron chi connectivity index (χ0n) is 16.7. The average molecular weight is 462 g/mol. The maximum atomic E-state index is 13.1. The highest BCUT2D eigenvalue weighted by Crippen LogP contribution is 2.44. The van der Waals surface area contributed by atoms with Gasteiger partial charge in [-0.15, -0.1) is 24.8 Å². The Morgan fingerprint density at radius 2 is 1.81 bits per heavy atom. The number of carbonyl (C=O) groups excluding carboxylic acids is 2. The summed E-state index contributed by atoms with van der Waals surface area (Å²) in [5, 5.41) is 1.10. The van der Waals surface area contributed by atoms with E-state index in [4.69, 9.17) is 9.47 Å². The second-order valence-electron chi connectivity index (χ2n) is 7.79. The number of carbonyl (C=O) groups is 2. The number of aromatic amines is 1. The highest BCUT2D eigenvalue weighted by Gasteiger charge is 2.47. The predicted molar refractivity (Wildman–Crippen MR) is 119 cm³/mol. The minimum atomic E-state index is -0.511. The predicted octanol–water partition coefficient (Wildman–Crippen LogP) is 3.05. The molecule has 4 heterocycles. The van der Waals surface area contributed by atoms with E-state index in [-0.39, 0.29) is 56.0 Å². The number of aromatic nitrogens is 1. The van der Waals surface area contributed by atoms with Crippen LogP contribution >= 0.6 is 24.8 Å². The van der Waals surface area contributed by atoms with Gasteiger partial charge in [0.2, 0.25) is 18.6 Å². The first-order chi connectivity index (χ1) is 14.1. The first-order valence-electron chi connectivity index (χ1n) is 9.67. The van der Waals surface area contributed by atoms with Crippen LogP contribution in [0.1, 0.15) is 22.9 Å². The Balaban J connectivity index is 0.00000116. The molecule has 2 atom stereocenters. The minimum Gasteiger partial charge on any atom is -0.454 e. The van der Waals surface area contributed by atoms with Gasteiger partial charge in [0.1, 0.15) is 6.04 Å². The van der Waals surface area contributed by atoms with Gasteiger partial charge < -0.3 is 24.3 Å². The van der Waals surface area contributed by atoms with Gasteiger partial charge in [-0.05, 0) is 29.3 Å². The van der Waals surface area contributed by atoms with Crippen LogP contribution in [0.15, 0.2) is 42.5 Å². The maximum Gasteiger partial charge on any atom is 0.245 e. The van der Waals surface area contributed by atoms with Crippen molar-refractivity contribution in [2.75, 3.05) is 20.4 Å². The summed E-state index contributed by atoms with van der Waals surface area (Å²) in [5.41, 5.74) is 3.97. The molecule has 162 valence electrons. The number of nitrogens with zero attached hydrogens (tertiary/aromatic N) is 2. The van der Waals surface area contributed by atoms with Crippen LogP contribution in [-0.4, -0.2) is 53.0 Å². The molecule has 0 spiro atoms. The molecule has 9 heteroatoms. The lowest BCUT2D eigenvalue weighted by atomic mass is 9.86. The van der Waals surface area contributed by atoms with Crippen molar-refractivity contribution >= 4 is 47.5 Å². The summed E-state index contributed by atoms with van der Waals surface area (Å²) in [6.07, 6.45) is 0.509. The van der Waals surface area contributed by atoms with Gasteiger partial charge in [-0.3, -0.25) is 9.59 Å². The van der Waals surface area contributed by atoms with E-state index in [2.05, 4.69) is 11.1 Å². The van der Waals surface area contributed by atoms with Crippen LogP contribution in [0, 0.1) is 0 Å². The Labute approximate surface area is 191 Å². The van der Waals surface area contributed by atoms with Gasteiger partial charge in [0, 0.05) is 30.1 Å². The molecule has 1 N–H and O–H groups in total. The molecule has 1 saturated heterocycles. The highest BCUT2D eigenvalue weighted by molar-refractivity contribution is 5.97. The van der Waals surface area contributed by atoms with E-state index in [1.165, 1.54) is 4.90 Å². The van der Waals surface area contributed by atoms with Crippen molar-refractivity contribution in [2.24, 2.45) is 0 Å². The molecule has 3 aromatic rings. The monoisotopic (exact) mass is 461 g/mol. The summed E-state index contributed by atoms with van der Waals surface area (Å²) in [7, 11) is 1.69. The Bertz CT molecular complexity index is 1190. The number of amides is 2. The van der Waals surface area contributed by atoms with Crippen molar-refractivity contribution in [3.8, 4) is 11.5 Å². The third-order valence-electron chi connectivity index (χ3n) is 6.17. The van der Waals surface area contributed by atoms with Crippen molar-refractivity contribution in [2.45, 2.75) is 18.5 Å². The number of likely N-dealkylation sites (N-methyl/N-ethyl adjacent to an activating group) is 1. The molecule has 3 aliphatic rings. The third kappa shape index (κ3) is 3.03. The number of halogens is 2. The molecular weight excluding hydrogens is 441 g/mol. The lowest BCUT2D eigenvalue weighted by molar-refractivity contribution is -0.157. The summed E-state index contributed by atoms with van der Waals surface area (Å²) >= 11 is 0. The number of hydrogen-bond donors (Lipinski definition) is 1. The molecule has 0 bridgehead atoms. The number of ether oxygens (including phenoxy) is 2. The van der Waals surface area contributed by atoms with Crippen LogP contribution < -0.4 is 9.47 Å². The second kappa shape index (κ2) is 7.66. The standard InChI is InChI=1S/C22H19N3O4.2ClH/c1-24-10-19(26)25-16(22(24)27)9-14-13-4-2-3-5-15(13)23-20(14)21(25)12-6-7-17-18(8-12)29-11-28-17;;/h2-8,16,21,23H,9-11H2,1H3;2*1H/t16-,21-;;/m1../s1. The summed E-state index contributed by atoms with van der Waals surface area (Å²) in [4.78, 5) is 32.9. The molecular formula is C22H21Cl2N3O4. The van der Waals surface area contributed by atoms with Crippen LogP contribution in [0.5, 0.6) is 11.5 Å². The zero-order valence-corrected chi connectivity index (χ0v) is 18.3. The van der Waals surface area contributed by atoms with Crippen molar-refractivity contribution in [1.29, 1.82) is 0 Å². The average Bonchev–Trinajstić information content (AvgIpc) is 3.34. The highest BCUT2D eigenvalue weighted by atomic mass is 35.5. The number of H-pyrrole nitrogens is 1. The molecule has 1 fully saturated rings. The Hall–Kier alpha value is -2.90. The Morgan fingerprint density at radius 1 is 1.03 bits per heavy atom. The van der Waals surface area contributed by atoms with Crippen LogP contribution in [0.2, 0.25) is 0 Å². The lowest BCUT2D eigenvalue weighted by Crippen LogP contribution is -2.62. The number of hydrogen-bond acceptors (Lipinski definition) is 4. The minimum absolute atomic E-state index is 0. The lowest BCUT2D eigenvalue weighted by Gasteiger charge is -2.46. The van der Waals surface area contributed by atoms with E-state index in [0.717, 1.165) is 27.7 Å². The number of para-hydroxylation sites is 1. The van der Waals surface area contributed by atoms with Crippen LogP contribution in [0.4, 0.5) is 0 Å². The third-order valence-corrected chi connectivity index (χ3v) is 6.17. The van der Waals surface area contributed by atoms with Gasteiger partial charge in [0.15, 0.2) is 11.5 Å². The summed E-state index contributed by atoms with van der Waals surface area (Å²) in [5.74, 6) is 1.28. The molecule has 6 rings (SSSR count). The maximum absolute atomic E-state index is 13.1.